The van der Waals surface area contributed by atoms with Gasteiger partial charge in [-0.2, -0.15) is 0 Å². The lowest BCUT2D eigenvalue weighted by atomic mass is 9.98. The maximum Gasteiger partial charge on any atom is 0.246 e. The van der Waals surface area contributed by atoms with Crippen LogP contribution < -0.4 is 5.73 Å². The van der Waals surface area contributed by atoms with Gasteiger partial charge in [0.1, 0.15) is 0 Å². The van der Waals surface area contributed by atoms with Crippen molar-refractivity contribution in [3.05, 3.63) is 35.4 Å². The van der Waals surface area contributed by atoms with Crippen molar-refractivity contribution < 1.29 is 8.78 Å². The fourth-order valence-electron chi connectivity index (χ4n) is 1.24. The molecule has 0 fully saturated rings. The summed E-state index contributed by atoms with van der Waals surface area (Å²) in [5.41, 5.74) is 6.36. The van der Waals surface area contributed by atoms with E-state index >= 15 is 0 Å². The average Bonchev–Trinajstić information content (AvgIpc) is 2.19. The summed E-state index contributed by atoms with van der Waals surface area (Å²) in [5.74, 6) is 1.47. The number of halogens is 2. The summed E-state index contributed by atoms with van der Waals surface area (Å²) in [5, 5.41) is 0. The third-order valence-corrected chi connectivity index (χ3v) is 2.04. The van der Waals surface area contributed by atoms with Crippen LogP contribution in [0.3, 0.4) is 0 Å². The molecule has 0 aliphatic heterocycles. The molecular weight excluding hydrogens is 184 g/mol. The molecule has 1 atom stereocenters. The van der Waals surface area contributed by atoms with Crippen LogP contribution in [0, 0.1) is 12.3 Å². The van der Waals surface area contributed by atoms with E-state index in [4.69, 9.17) is 12.2 Å². The number of rotatable bonds is 3. The molecule has 0 aliphatic carbocycles. The van der Waals surface area contributed by atoms with Crippen LogP contribution in [0.2, 0.25) is 0 Å². The highest BCUT2D eigenvalue weighted by Gasteiger charge is 2.20. The number of terminal acetylenes is 1. The van der Waals surface area contributed by atoms with Gasteiger partial charge in [-0.25, -0.2) is 8.78 Å². The molecule has 0 spiro atoms. The van der Waals surface area contributed by atoms with Gasteiger partial charge in [-0.3, -0.25) is 0 Å². The van der Waals surface area contributed by atoms with E-state index in [0.29, 0.717) is 11.1 Å². The molecule has 1 aromatic rings. The molecule has 14 heavy (non-hydrogen) atoms. The fourth-order valence-corrected chi connectivity index (χ4v) is 1.24. The maximum absolute atomic E-state index is 12.5. The predicted octanol–water partition coefficient (Wildman–Crippen LogP) is 1.98. The minimum atomic E-state index is -2.45. The van der Waals surface area contributed by atoms with Gasteiger partial charge in [0.05, 0.1) is 5.92 Å². The van der Waals surface area contributed by atoms with Crippen LogP contribution in [-0.4, -0.2) is 13.0 Å². The standard InChI is InChI=1S/C11H11F2N/c1-2-8-4-3-5-9(6-8)10(7-14)11(12)13/h1,3-6,10-11H,7,14H2. The second kappa shape index (κ2) is 4.73. The van der Waals surface area contributed by atoms with Crippen LogP contribution in [0.1, 0.15) is 17.0 Å². The van der Waals surface area contributed by atoms with Crippen molar-refractivity contribution in [3.8, 4) is 12.3 Å². The van der Waals surface area contributed by atoms with Gasteiger partial charge in [-0.1, -0.05) is 18.1 Å². The van der Waals surface area contributed by atoms with E-state index in [9.17, 15) is 8.78 Å². The lowest BCUT2D eigenvalue weighted by Crippen LogP contribution is -2.19. The molecule has 74 valence electrons. The molecule has 0 aromatic heterocycles. The van der Waals surface area contributed by atoms with Crippen molar-refractivity contribution in [1.82, 2.24) is 0 Å². The zero-order valence-corrected chi connectivity index (χ0v) is 7.58. The highest BCUT2D eigenvalue weighted by Crippen LogP contribution is 2.22. The summed E-state index contributed by atoms with van der Waals surface area (Å²) >= 11 is 0. The van der Waals surface area contributed by atoms with E-state index in [1.54, 1.807) is 24.3 Å². The Bertz CT molecular complexity index is 341. The molecule has 0 radical (unpaired) electrons. The van der Waals surface area contributed by atoms with Crippen molar-refractivity contribution in [1.29, 1.82) is 0 Å². The van der Waals surface area contributed by atoms with Gasteiger partial charge in [0.2, 0.25) is 6.43 Å². The van der Waals surface area contributed by atoms with Gasteiger partial charge >= 0.3 is 0 Å². The maximum atomic E-state index is 12.5. The van der Waals surface area contributed by atoms with Gasteiger partial charge in [0, 0.05) is 12.1 Å². The van der Waals surface area contributed by atoms with Gasteiger partial charge in [0.15, 0.2) is 0 Å². The van der Waals surface area contributed by atoms with E-state index in [-0.39, 0.29) is 6.54 Å². The molecule has 0 saturated heterocycles. The van der Waals surface area contributed by atoms with Gasteiger partial charge in [-0.05, 0) is 17.7 Å². The van der Waals surface area contributed by atoms with Crippen LogP contribution >= 0.6 is 0 Å². The normalized spacial score (nSPS) is 12.5. The molecule has 1 unspecified atom stereocenters. The van der Waals surface area contributed by atoms with Crippen molar-refractivity contribution >= 4 is 0 Å². The van der Waals surface area contributed by atoms with E-state index < -0.39 is 12.3 Å². The van der Waals surface area contributed by atoms with Gasteiger partial charge in [0.25, 0.3) is 0 Å². The molecule has 1 nitrogen and oxygen atoms in total. The minimum absolute atomic E-state index is 0.0777. The number of alkyl halides is 2. The summed E-state index contributed by atoms with van der Waals surface area (Å²) in [7, 11) is 0. The largest absolute Gasteiger partial charge is 0.330 e. The van der Waals surface area contributed by atoms with Crippen LogP contribution in [0.4, 0.5) is 8.78 Å². The smallest absolute Gasteiger partial charge is 0.246 e. The zero-order valence-electron chi connectivity index (χ0n) is 7.58. The van der Waals surface area contributed by atoms with Crippen LogP contribution in [0.25, 0.3) is 0 Å². The Morgan fingerprint density at radius 1 is 1.43 bits per heavy atom. The Morgan fingerprint density at radius 3 is 2.64 bits per heavy atom. The summed E-state index contributed by atoms with van der Waals surface area (Å²) in [6.45, 7) is -0.0777. The lowest BCUT2D eigenvalue weighted by molar-refractivity contribution is 0.117. The summed E-state index contributed by atoms with van der Waals surface area (Å²) < 4.78 is 25.0. The highest BCUT2D eigenvalue weighted by molar-refractivity contribution is 5.36. The quantitative estimate of drug-likeness (QED) is 0.733. The van der Waals surface area contributed by atoms with Gasteiger partial charge in [-0.15, -0.1) is 6.42 Å². The number of hydrogen-bond donors (Lipinski definition) is 1. The predicted molar refractivity (Wildman–Crippen MR) is 52.2 cm³/mol. The Kier molecular flexibility index (Phi) is 3.61. The first-order chi connectivity index (χ1) is 6.69. The minimum Gasteiger partial charge on any atom is -0.330 e. The number of benzene rings is 1. The lowest BCUT2D eigenvalue weighted by Gasteiger charge is -2.13. The molecule has 2 N–H and O–H groups in total. The van der Waals surface area contributed by atoms with Crippen molar-refractivity contribution in [3.63, 3.8) is 0 Å². The first-order valence-corrected chi connectivity index (χ1v) is 4.23. The summed E-state index contributed by atoms with van der Waals surface area (Å²) in [6, 6.07) is 6.55. The molecule has 0 saturated carbocycles. The summed E-state index contributed by atoms with van der Waals surface area (Å²) in [6.07, 6.45) is 2.72. The highest BCUT2D eigenvalue weighted by atomic mass is 19.3. The van der Waals surface area contributed by atoms with Crippen LogP contribution in [0.15, 0.2) is 24.3 Å². The number of nitrogens with two attached hydrogens (primary N) is 1. The van der Waals surface area contributed by atoms with E-state index in [0.717, 1.165) is 0 Å². The molecule has 1 rings (SSSR count). The SMILES string of the molecule is C#Cc1cccc(C(CN)C(F)F)c1. The first-order valence-electron chi connectivity index (χ1n) is 4.23. The number of hydrogen-bond acceptors (Lipinski definition) is 1. The topological polar surface area (TPSA) is 26.0 Å². The van der Waals surface area contributed by atoms with Crippen molar-refractivity contribution in [2.75, 3.05) is 6.54 Å². The average molecular weight is 195 g/mol. The van der Waals surface area contributed by atoms with E-state index in [1.165, 1.54) is 0 Å². The Balaban J connectivity index is 2.99. The Morgan fingerprint density at radius 2 is 2.14 bits per heavy atom. The summed E-state index contributed by atoms with van der Waals surface area (Å²) in [4.78, 5) is 0. The molecular formula is C11H11F2N. The fraction of sp³-hybridized carbons (Fsp3) is 0.273. The molecule has 0 aliphatic rings. The van der Waals surface area contributed by atoms with Crippen LogP contribution in [0.5, 0.6) is 0 Å². The van der Waals surface area contributed by atoms with E-state index in [1.807, 2.05) is 0 Å². The second-order valence-corrected chi connectivity index (χ2v) is 2.95. The molecule has 3 heteroatoms. The molecule has 0 heterocycles. The Labute approximate surface area is 81.9 Å². The van der Waals surface area contributed by atoms with Crippen molar-refractivity contribution in [2.45, 2.75) is 12.3 Å². The zero-order chi connectivity index (χ0) is 10.6. The van der Waals surface area contributed by atoms with Gasteiger partial charge < -0.3 is 5.73 Å². The molecule has 0 amide bonds. The Hall–Kier alpha value is -1.40. The molecule has 0 bridgehead atoms. The monoisotopic (exact) mass is 195 g/mol. The first kappa shape index (κ1) is 10.7. The third kappa shape index (κ3) is 2.30. The van der Waals surface area contributed by atoms with Crippen molar-refractivity contribution in [2.24, 2.45) is 5.73 Å². The third-order valence-electron chi connectivity index (χ3n) is 2.04. The second-order valence-electron chi connectivity index (χ2n) is 2.95. The van der Waals surface area contributed by atoms with Crippen LogP contribution in [-0.2, 0) is 0 Å². The van der Waals surface area contributed by atoms with E-state index in [2.05, 4.69) is 5.92 Å². The molecule has 1 aromatic carbocycles.